The molecule has 7 heteroatoms. The molecule has 4 N–H and O–H groups in total. The maximum Gasteiger partial charge on any atom is 0.246 e. The molecule has 0 atom stereocenters. The Morgan fingerprint density at radius 1 is 1.15 bits per heavy atom. The Labute approximate surface area is 155 Å². The first-order valence-corrected chi connectivity index (χ1v) is 8.47. The lowest BCUT2D eigenvalue weighted by Gasteiger charge is -2.07. The van der Waals surface area contributed by atoms with E-state index in [4.69, 9.17) is 22.2 Å². The van der Waals surface area contributed by atoms with Crippen molar-refractivity contribution in [3.8, 4) is 11.3 Å². The molecule has 1 heterocycles. The maximum absolute atomic E-state index is 11.9. The summed E-state index contributed by atoms with van der Waals surface area (Å²) in [5, 5.41) is 1.61. The van der Waals surface area contributed by atoms with Crippen molar-refractivity contribution in [2.24, 2.45) is 5.73 Å². The van der Waals surface area contributed by atoms with Crippen molar-refractivity contribution in [2.45, 2.75) is 12.8 Å². The second kappa shape index (κ2) is 8.03. The smallest absolute Gasteiger partial charge is 0.246 e. The van der Waals surface area contributed by atoms with Gasteiger partial charge in [0.15, 0.2) is 6.61 Å². The quantitative estimate of drug-likeness (QED) is 0.557. The number of benzene rings is 2. The van der Waals surface area contributed by atoms with Crippen LogP contribution in [0.3, 0.4) is 0 Å². The fraction of sp³-hybridized carbons (Fsp3) is 0.158. The summed E-state index contributed by atoms with van der Waals surface area (Å²) in [6.07, 6.45) is 0.675. The summed E-state index contributed by atoms with van der Waals surface area (Å²) in [7, 11) is 0. The summed E-state index contributed by atoms with van der Waals surface area (Å²) in [5.74, 6) is -0.982. The van der Waals surface area contributed by atoms with Crippen molar-refractivity contribution >= 4 is 34.3 Å². The Balaban J connectivity index is 1.85. The fourth-order valence-electron chi connectivity index (χ4n) is 2.81. The number of aromatic amines is 1. The highest BCUT2D eigenvalue weighted by molar-refractivity contribution is 6.31. The van der Waals surface area contributed by atoms with E-state index in [1.54, 1.807) is 0 Å². The van der Waals surface area contributed by atoms with E-state index < -0.39 is 5.91 Å². The third-order valence-electron chi connectivity index (χ3n) is 3.93. The molecule has 26 heavy (non-hydrogen) atoms. The molecular formula is C19H18ClN3O3. The first-order chi connectivity index (χ1) is 12.5. The van der Waals surface area contributed by atoms with Crippen LogP contribution in [-0.2, 0) is 20.8 Å². The van der Waals surface area contributed by atoms with Crippen molar-refractivity contribution in [3.05, 3.63) is 59.1 Å². The van der Waals surface area contributed by atoms with Crippen LogP contribution in [0.25, 0.3) is 22.2 Å². The van der Waals surface area contributed by atoms with E-state index in [9.17, 15) is 9.59 Å². The van der Waals surface area contributed by atoms with Crippen molar-refractivity contribution in [2.75, 3.05) is 6.61 Å². The minimum atomic E-state index is -0.650. The van der Waals surface area contributed by atoms with Gasteiger partial charge in [0.2, 0.25) is 11.8 Å². The van der Waals surface area contributed by atoms with E-state index in [2.05, 4.69) is 10.5 Å². The molecule has 0 aliphatic carbocycles. The highest BCUT2D eigenvalue weighted by Crippen LogP contribution is 2.32. The summed E-state index contributed by atoms with van der Waals surface area (Å²) in [6, 6.07) is 15.5. The third-order valence-corrected chi connectivity index (χ3v) is 4.17. The molecule has 1 aromatic heterocycles. The number of aryl methyl sites for hydroxylation is 1. The topological polar surface area (TPSA) is 97.2 Å². The summed E-state index contributed by atoms with van der Waals surface area (Å²) in [4.78, 5) is 30.7. The summed E-state index contributed by atoms with van der Waals surface area (Å²) >= 11 is 6.15. The number of rotatable bonds is 7. The molecule has 3 aromatic rings. The molecule has 0 unspecified atom stereocenters. The van der Waals surface area contributed by atoms with E-state index in [0.29, 0.717) is 11.4 Å². The van der Waals surface area contributed by atoms with E-state index >= 15 is 0 Å². The number of carbonyl (C=O) groups is 2. The Bertz CT molecular complexity index is 938. The number of hydroxylamine groups is 1. The monoisotopic (exact) mass is 371 g/mol. The van der Waals surface area contributed by atoms with Gasteiger partial charge in [-0.15, -0.1) is 0 Å². The van der Waals surface area contributed by atoms with Crippen LogP contribution in [0.1, 0.15) is 12.0 Å². The first kappa shape index (κ1) is 18.0. The Morgan fingerprint density at radius 2 is 1.92 bits per heavy atom. The van der Waals surface area contributed by atoms with Crippen LogP contribution in [0.2, 0.25) is 5.02 Å². The molecule has 0 fully saturated rings. The largest absolute Gasteiger partial charge is 0.368 e. The minimum Gasteiger partial charge on any atom is -0.368 e. The molecule has 0 saturated heterocycles. The summed E-state index contributed by atoms with van der Waals surface area (Å²) in [6.45, 7) is -0.357. The lowest BCUT2D eigenvalue weighted by Crippen LogP contribution is -2.29. The van der Waals surface area contributed by atoms with Gasteiger partial charge in [0.05, 0.1) is 0 Å². The number of fused-ring (bicyclic) bond motifs is 1. The maximum atomic E-state index is 11.9. The molecule has 3 rings (SSSR count). The predicted molar refractivity (Wildman–Crippen MR) is 100 cm³/mol. The number of carbonyl (C=O) groups excluding carboxylic acids is 2. The van der Waals surface area contributed by atoms with Crippen molar-refractivity contribution < 1.29 is 14.4 Å². The molecule has 134 valence electrons. The SMILES string of the molecule is NC(=O)CONC(=O)CCc1c(-c2ccccc2)[nH]c2ccc(Cl)cc12. The van der Waals surface area contributed by atoms with Crippen LogP contribution < -0.4 is 11.2 Å². The average Bonchev–Trinajstić information content (AvgIpc) is 2.98. The number of amides is 2. The second-order valence-electron chi connectivity index (χ2n) is 5.81. The van der Waals surface area contributed by atoms with Crippen LogP contribution in [0.15, 0.2) is 48.5 Å². The lowest BCUT2D eigenvalue weighted by molar-refractivity contribution is -0.137. The van der Waals surface area contributed by atoms with Gasteiger partial charge in [0.25, 0.3) is 0 Å². The van der Waals surface area contributed by atoms with E-state index in [1.807, 2.05) is 48.5 Å². The Kier molecular flexibility index (Phi) is 5.55. The van der Waals surface area contributed by atoms with Crippen LogP contribution >= 0.6 is 11.6 Å². The molecule has 2 aromatic carbocycles. The second-order valence-corrected chi connectivity index (χ2v) is 6.25. The van der Waals surface area contributed by atoms with Gasteiger partial charge in [-0.25, -0.2) is 5.48 Å². The van der Waals surface area contributed by atoms with Gasteiger partial charge in [-0.05, 0) is 35.7 Å². The Hall–Kier alpha value is -2.83. The summed E-state index contributed by atoms with van der Waals surface area (Å²) < 4.78 is 0. The normalized spacial score (nSPS) is 10.8. The van der Waals surface area contributed by atoms with Crippen LogP contribution in [0.4, 0.5) is 0 Å². The molecule has 0 spiro atoms. The molecule has 0 bridgehead atoms. The van der Waals surface area contributed by atoms with Crippen LogP contribution in [0.5, 0.6) is 0 Å². The zero-order valence-electron chi connectivity index (χ0n) is 13.9. The highest BCUT2D eigenvalue weighted by atomic mass is 35.5. The van der Waals surface area contributed by atoms with Gasteiger partial charge in [-0.1, -0.05) is 41.9 Å². The zero-order chi connectivity index (χ0) is 18.5. The molecule has 0 radical (unpaired) electrons. The van der Waals surface area contributed by atoms with E-state index in [1.165, 1.54) is 0 Å². The number of hydrogen-bond donors (Lipinski definition) is 3. The Morgan fingerprint density at radius 3 is 2.65 bits per heavy atom. The van der Waals surface area contributed by atoms with E-state index in [0.717, 1.165) is 27.7 Å². The number of nitrogens with one attached hydrogen (secondary N) is 2. The van der Waals surface area contributed by atoms with E-state index in [-0.39, 0.29) is 18.9 Å². The van der Waals surface area contributed by atoms with Crippen LogP contribution in [-0.4, -0.2) is 23.4 Å². The number of aromatic nitrogens is 1. The molecule has 0 saturated carbocycles. The standard InChI is InChI=1S/C19H18ClN3O3/c20-13-6-8-16-15(10-13)14(7-9-18(25)23-26-11-17(21)24)19(22-16)12-4-2-1-3-5-12/h1-6,8,10,22H,7,9,11H2,(H2,21,24)(H,23,25). The molecule has 2 amide bonds. The van der Waals surface area contributed by atoms with Gasteiger partial charge in [0, 0.05) is 28.0 Å². The molecule has 6 nitrogen and oxygen atoms in total. The zero-order valence-corrected chi connectivity index (χ0v) is 14.7. The van der Waals surface area contributed by atoms with Gasteiger partial charge in [-0.2, -0.15) is 0 Å². The van der Waals surface area contributed by atoms with Crippen molar-refractivity contribution in [1.29, 1.82) is 0 Å². The molecular weight excluding hydrogens is 354 g/mol. The lowest BCUT2D eigenvalue weighted by atomic mass is 10.0. The molecule has 0 aliphatic heterocycles. The highest BCUT2D eigenvalue weighted by Gasteiger charge is 2.15. The first-order valence-electron chi connectivity index (χ1n) is 8.09. The number of nitrogens with two attached hydrogens (primary N) is 1. The van der Waals surface area contributed by atoms with Gasteiger partial charge >= 0.3 is 0 Å². The van der Waals surface area contributed by atoms with Gasteiger partial charge in [-0.3, -0.25) is 14.4 Å². The number of halogens is 1. The van der Waals surface area contributed by atoms with Crippen molar-refractivity contribution in [1.82, 2.24) is 10.5 Å². The number of H-pyrrole nitrogens is 1. The molecule has 0 aliphatic rings. The minimum absolute atomic E-state index is 0.193. The van der Waals surface area contributed by atoms with Gasteiger partial charge in [0.1, 0.15) is 0 Å². The number of primary amides is 1. The van der Waals surface area contributed by atoms with Gasteiger partial charge < -0.3 is 10.7 Å². The van der Waals surface area contributed by atoms with Crippen LogP contribution in [0, 0.1) is 0 Å². The third kappa shape index (κ3) is 4.22. The predicted octanol–water partition coefficient (Wildman–Crippen LogP) is 2.95. The number of hydrogen-bond acceptors (Lipinski definition) is 3. The van der Waals surface area contributed by atoms with Crippen molar-refractivity contribution in [3.63, 3.8) is 0 Å². The summed E-state index contributed by atoms with van der Waals surface area (Å²) in [5.41, 5.74) is 11.1. The fourth-order valence-corrected chi connectivity index (χ4v) is 2.98. The average molecular weight is 372 g/mol.